The van der Waals surface area contributed by atoms with Crippen LogP contribution in [-0.4, -0.2) is 42.3 Å². The van der Waals surface area contributed by atoms with E-state index in [1.165, 1.54) is 30.7 Å². The number of oxazole rings is 1. The Balaban J connectivity index is 1.37. The number of nitrogens with one attached hydrogen (secondary N) is 1. The second-order valence-corrected chi connectivity index (χ2v) is 11.9. The molecule has 3 heterocycles. The van der Waals surface area contributed by atoms with Crippen LogP contribution < -0.4 is 9.47 Å². The van der Waals surface area contributed by atoms with Crippen molar-refractivity contribution in [2.75, 3.05) is 12.9 Å². The Hall–Kier alpha value is -4.71. The van der Waals surface area contributed by atoms with Crippen LogP contribution in [0.2, 0.25) is 0 Å². The Morgan fingerprint density at radius 3 is 2.73 bits per heavy atom. The summed E-state index contributed by atoms with van der Waals surface area (Å²) in [6.45, 7) is 2.01. The van der Waals surface area contributed by atoms with Crippen LogP contribution in [0.5, 0.6) is 17.2 Å². The normalized spacial score (nSPS) is 16.5. The number of fused-ring (bicyclic) bond motifs is 2. The number of carboxylic acids is 1. The highest BCUT2D eigenvalue weighted by Crippen LogP contribution is 2.45. The smallest absolute Gasteiger partial charge is 0.307 e. The van der Waals surface area contributed by atoms with Gasteiger partial charge in [-0.25, -0.2) is 22.2 Å². The molecule has 210 valence electrons. The van der Waals surface area contributed by atoms with E-state index in [0.29, 0.717) is 17.0 Å². The molecule has 0 radical (unpaired) electrons. The minimum Gasteiger partial charge on any atom is -0.492 e. The summed E-state index contributed by atoms with van der Waals surface area (Å²) in [6.07, 6.45) is 3.59. The van der Waals surface area contributed by atoms with E-state index >= 15 is 4.39 Å². The average Bonchev–Trinajstić information content (AvgIpc) is 3.65. The molecule has 9 nitrogen and oxygen atoms in total. The molecule has 0 fully saturated rings. The van der Waals surface area contributed by atoms with Gasteiger partial charge in [-0.15, -0.1) is 0 Å². The molecule has 2 N–H and O–H groups in total. The predicted molar refractivity (Wildman–Crippen MR) is 143 cm³/mol. The van der Waals surface area contributed by atoms with Gasteiger partial charge in [0.15, 0.2) is 21.4 Å². The van der Waals surface area contributed by atoms with Crippen molar-refractivity contribution in [1.82, 2.24) is 9.97 Å². The van der Waals surface area contributed by atoms with Gasteiger partial charge in [0.25, 0.3) is 0 Å². The Kier molecular flexibility index (Phi) is 6.11. The van der Waals surface area contributed by atoms with Gasteiger partial charge in [0, 0.05) is 40.5 Å². The first-order valence-electron chi connectivity index (χ1n) is 12.4. The molecule has 5 aromatic rings. The van der Waals surface area contributed by atoms with Gasteiger partial charge in [0.1, 0.15) is 35.1 Å². The molecule has 0 saturated carbocycles. The summed E-state index contributed by atoms with van der Waals surface area (Å²) in [5, 5.41) is 9.49. The number of H-pyrrole nitrogens is 1. The van der Waals surface area contributed by atoms with E-state index in [0.717, 1.165) is 24.0 Å². The zero-order valence-electron chi connectivity index (χ0n) is 21.7. The van der Waals surface area contributed by atoms with Crippen LogP contribution in [0.25, 0.3) is 22.4 Å². The third kappa shape index (κ3) is 4.49. The number of aliphatic carboxylic acids is 1. The van der Waals surface area contributed by atoms with Crippen molar-refractivity contribution >= 4 is 26.7 Å². The molecule has 1 aliphatic rings. The maximum Gasteiger partial charge on any atom is 0.307 e. The fourth-order valence-corrected chi connectivity index (χ4v) is 6.14. The number of para-hydroxylation sites is 1. The molecule has 3 aromatic carbocycles. The summed E-state index contributed by atoms with van der Waals surface area (Å²) in [7, 11) is -3.92. The van der Waals surface area contributed by atoms with Crippen molar-refractivity contribution in [3.63, 3.8) is 0 Å². The zero-order chi connectivity index (χ0) is 29.1. The van der Waals surface area contributed by atoms with Gasteiger partial charge < -0.3 is 24.0 Å². The van der Waals surface area contributed by atoms with Crippen molar-refractivity contribution in [1.29, 1.82) is 0 Å². The first kappa shape index (κ1) is 26.5. The number of aromatic amines is 1. The molecule has 0 aliphatic carbocycles. The molecule has 1 atom stereocenters. The molecule has 6 rings (SSSR count). The van der Waals surface area contributed by atoms with Crippen molar-refractivity contribution < 1.29 is 41.0 Å². The Bertz CT molecular complexity index is 1970. The summed E-state index contributed by atoms with van der Waals surface area (Å²) in [6, 6.07) is 11.4. The van der Waals surface area contributed by atoms with Crippen LogP contribution in [0.15, 0.2) is 70.3 Å². The summed E-state index contributed by atoms with van der Waals surface area (Å²) >= 11 is 0. The van der Waals surface area contributed by atoms with Gasteiger partial charge in [0.2, 0.25) is 5.89 Å². The van der Waals surface area contributed by atoms with Gasteiger partial charge >= 0.3 is 5.97 Å². The number of halogens is 2. The third-order valence-electron chi connectivity index (χ3n) is 7.08. The van der Waals surface area contributed by atoms with E-state index in [2.05, 4.69) is 9.97 Å². The van der Waals surface area contributed by atoms with Crippen LogP contribution in [0, 0.1) is 11.6 Å². The van der Waals surface area contributed by atoms with Crippen molar-refractivity contribution in [2.45, 2.75) is 23.7 Å². The summed E-state index contributed by atoms with van der Waals surface area (Å²) in [4.78, 5) is 18.2. The standard InChI is InChI=1S/C29H22F2N2O7S/c1-29(14-39-25-15(10-24(34)35)4-3-5-19(25)29)23-13-38-28(33-23)18-11-16(6-7-20(18)30)40-26-21(31)12-22-17(8-9-32-22)27(26)41(2,36)37/h3-9,11-13,32H,10,14H2,1-2H3,(H,34,35)/t29-/m0/s1. The lowest BCUT2D eigenvalue weighted by Gasteiger charge is -2.19. The Morgan fingerprint density at radius 2 is 1.98 bits per heavy atom. The topological polar surface area (TPSA) is 132 Å². The van der Waals surface area contributed by atoms with Crippen LogP contribution in [0.3, 0.4) is 0 Å². The van der Waals surface area contributed by atoms with E-state index in [-0.39, 0.29) is 46.0 Å². The number of hydrogen-bond donors (Lipinski definition) is 2. The van der Waals surface area contributed by atoms with E-state index in [4.69, 9.17) is 13.9 Å². The van der Waals surface area contributed by atoms with E-state index in [1.54, 1.807) is 12.1 Å². The number of carbonyl (C=O) groups is 1. The Morgan fingerprint density at radius 1 is 1.17 bits per heavy atom. The summed E-state index contributed by atoms with van der Waals surface area (Å²) in [5.74, 6) is -2.80. The van der Waals surface area contributed by atoms with Crippen LogP contribution >= 0.6 is 0 Å². The van der Waals surface area contributed by atoms with Crippen LogP contribution in [0.1, 0.15) is 23.7 Å². The lowest BCUT2D eigenvalue weighted by molar-refractivity contribution is -0.136. The van der Waals surface area contributed by atoms with Gasteiger partial charge in [-0.1, -0.05) is 18.2 Å². The highest BCUT2D eigenvalue weighted by molar-refractivity contribution is 7.91. The number of ether oxygens (including phenoxy) is 2. The second-order valence-electron chi connectivity index (χ2n) is 9.99. The van der Waals surface area contributed by atoms with Crippen LogP contribution in [-0.2, 0) is 26.5 Å². The fraction of sp³-hybridized carbons (Fsp3) is 0.172. The molecule has 0 amide bonds. The highest BCUT2D eigenvalue weighted by Gasteiger charge is 2.42. The predicted octanol–water partition coefficient (Wildman–Crippen LogP) is 5.62. The molecule has 0 unspecified atom stereocenters. The molecule has 0 spiro atoms. The monoisotopic (exact) mass is 580 g/mol. The summed E-state index contributed by atoms with van der Waals surface area (Å²) < 4.78 is 72.4. The van der Waals surface area contributed by atoms with Crippen molar-refractivity contribution in [2.24, 2.45) is 0 Å². The molecular weight excluding hydrogens is 558 g/mol. The minimum atomic E-state index is -3.92. The maximum atomic E-state index is 15.1. The number of carboxylic acid groups (broad SMARTS) is 1. The largest absolute Gasteiger partial charge is 0.492 e. The molecule has 12 heteroatoms. The zero-order valence-corrected chi connectivity index (χ0v) is 22.5. The number of nitrogens with zero attached hydrogens (tertiary/aromatic N) is 1. The Labute approximate surface area is 232 Å². The van der Waals surface area contributed by atoms with Gasteiger partial charge in [-0.05, 0) is 31.2 Å². The molecule has 0 bridgehead atoms. The quantitative estimate of drug-likeness (QED) is 0.254. The highest BCUT2D eigenvalue weighted by atomic mass is 32.2. The number of sulfone groups is 1. The lowest BCUT2D eigenvalue weighted by atomic mass is 9.81. The summed E-state index contributed by atoms with van der Waals surface area (Å²) in [5.41, 5.74) is 1.04. The molecule has 2 aromatic heterocycles. The molecule has 0 saturated heterocycles. The number of aromatic nitrogens is 2. The molecule has 41 heavy (non-hydrogen) atoms. The third-order valence-corrected chi connectivity index (χ3v) is 8.23. The average molecular weight is 581 g/mol. The molecule has 1 aliphatic heterocycles. The van der Waals surface area contributed by atoms with E-state index in [9.17, 15) is 22.7 Å². The number of hydrogen-bond acceptors (Lipinski definition) is 7. The molecular formula is C29H22F2N2O7S. The maximum absolute atomic E-state index is 15.1. The minimum absolute atomic E-state index is 0.0427. The SMILES string of the molecule is C[C@]1(c2coc(-c3cc(Oc4c(F)cc5[nH]ccc5c4S(C)(=O)=O)ccc3F)n2)COc2c(CC(=O)O)cccc21. The van der Waals surface area contributed by atoms with Crippen molar-refractivity contribution in [3.05, 3.63) is 89.4 Å². The van der Waals surface area contributed by atoms with Gasteiger partial charge in [-0.3, -0.25) is 4.79 Å². The van der Waals surface area contributed by atoms with E-state index in [1.807, 2.05) is 13.0 Å². The first-order chi connectivity index (χ1) is 19.5. The number of rotatable bonds is 7. The number of benzene rings is 3. The van der Waals surface area contributed by atoms with Gasteiger partial charge in [-0.2, -0.15) is 0 Å². The van der Waals surface area contributed by atoms with Crippen molar-refractivity contribution in [3.8, 4) is 28.7 Å². The second kappa shape index (κ2) is 9.44. The first-order valence-corrected chi connectivity index (χ1v) is 14.3. The lowest BCUT2D eigenvalue weighted by Crippen LogP contribution is -2.25. The fourth-order valence-electron chi connectivity index (χ4n) is 5.08. The van der Waals surface area contributed by atoms with Crippen LogP contribution in [0.4, 0.5) is 8.78 Å². The van der Waals surface area contributed by atoms with E-state index < -0.39 is 38.6 Å². The van der Waals surface area contributed by atoms with Gasteiger partial charge in [0.05, 0.1) is 23.1 Å².